The Kier molecular flexibility index (Phi) is 5.14. The Hall–Kier alpha value is -3.76. The van der Waals surface area contributed by atoms with Gasteiger partial charge in [-0.3, -0.25) is 9.48 Å². The van der Waals surface area contributed by atoms with Gasteiger partial charge in [-0.05, 0) is 50.5 Å². The van der Waals surface area contributed by atoms with Crippen LogP contribution in [-0.4, -0.2) is 30.3 Å². The summed E-state index contributed by atoms with van der Waals surface area (Å²) in [7, 11) is 0. The molecular formula is C23H20F4N6O. The molecule has 176 valence electrons. The Bertz CT molecular complexity index is 1400. The van der Waals surface area contributed by atoms with Gasteiger partial charge < -0.3 is 5.32 Å². The zero-order valence-corrected chi connectivity index (χ0v) is 18.3. The number of nitrogens with one attached hydrogen (secondary N) is 1. The van der Waals surface area contributed by atoms with E-state index in [-0.39, 0.29) is 23.1 Å². The number of hydrogen-bond acceptors (Lipinski definition) is 4. The zero-order valence-electron chi connectivity index (χ0n) is 18.3. The summed E-state index contributed by atoms with van der Waals surface area (Å²) in [5, 5.41) is 11.0. The lowest BCUT2D eigenvalue weighted by atomic mass is 10.2. The van der Waals surface area contributed by atoms with E-state index in [2.05, 4.69) is 20.5 Å². The average Bonchev–Trinajstić information content (AvgIpc) is 3.49. The van der Waals surface area contributed by atoms with Crippen molar-refractivity contribution in [3.05, 3.63) is 76.2 Å². The van der Waals surface area contributed by atoms with E-state index in [0.717, 1.165) is 24.5 Å². The fourth-order valence-electron chi connectivity index (χ4n) is 3.87. The number of aromatic nitrogens is 5. The van der Waals surface area contributed by atoms with E-state index in [0.29, 0.717) is 33.8 Å². The SMILES string of the molecule is Cc1nn(Cc2ccc(F)cc2)c(C)c1NC(=O)c1cc2nc(C3CC3)cc(C(F)(F)F)n2n1. The van der Waals surface area contributed by atoms with Gasteiger partial charge in [-0.15, -0.1) is 0 Å². The Morgan fingerprint density at radius 2 is 1.82 bits per heavy atom. The number of anilines is 1. The first-order valence-corrected chi connectivity index (χ1v) is 10.7. The molecular weight excluding hydrogens is 452 g/mol. The Balaban J connectivity index is 1.44. The summed E-state index contributed by atoms with van der Waals surface area (Å²) in [5.41, 5.74) is 1.62. The fourth-order valence-corrected chi connectivity index (χ4v) is 3.87. The summed E-state index contributed by atoms with van der Waals surface area (Å²) >= 11 is 0. The minimum absolute atomic E-state index is 0.00974. The maximum absolute atomic E-state index is 13.6. The summed E-state index contributed by atoms with van der Waals surface area (Å²) in [6, 6.07) is 8.25. The third-order valence-electron chi connectivity index (χ3n) is 5.83. The number of amides is 1. The molecule has 0 radical (unpaired) electrons. The summed E-state index contributed by atoms with van der Waals surface area (Å²) in [6.07, 6.45) is -3.05. The minimum Gasteiger partial charge on any atom is -0.317 e. The van der Waals surface area contributed by atoms with Gasteiger partial charge >= 0.3 is 6.18 Å². The molecule has 1 fully saturated rings. The third-order valence-corrected chi connectivity index (χ3v) is 5.83. The summed E-state index contributed by atoms with van der Waals surface area (Å²) in [6.45, 7) is 3.83. The molecule has 1 N–H and O–H groups in total. The number of halogens is 4. The van der Waals surface area contributed by atoms with Crippen molar-refractivity contribution in [2.45, 2.75) is 45.3 Å². The topological polar surface area (TPSA) is 77.1 Å². The number of fused-ring (bicyclic) bond motifs is 1. The summed E-state index contributed by atoms with van der Waals surface area (Å²) in [5.74, 6) is -1.00. The third kappa shape index (κ3) is 4.13. The smallest absolute Gasteiger partial charge is 0.317 e. The highest BCUT2D eigenvalue weighted by atomic mass is 19.4. The van der Waals surface area contributed by atoms with Gasteiger partial charge in [-0.2, -0.15) is 23.4 Å². The van der Waals surface area contributed by atoms with Crippen LogP contribution < -0.4 is 5.32 Å². The van der Waals surface area contributed by atoms with Crippen LogP contribution in [0.3, 0.4) is 0 Å². The van der Waals surface area contributed by atoms with Crippen molar-refractivity contribution in [2.75, 3.05) is 5.32 Å². The van der Waals surface area contributed by atoms with Crippen molar-refractivity contribution < 1.29 is 22.4 Å². The van der Waals surface area contributed by atoms with Crippen molar-refractivity contribution in [1.82, 2.24) is 24.4 Å². The predicted octanol–water partition coefficient (Wildman–Crippen LogP) is 4.88. The van der Waals surface area contributed by atoms with Crippen molar-refractivity contribution >= 4 is 17.2 Å². The maximum Gasteiger partial charge on any atom is 0.433 e. The van der Waals surface area contributed by atoms with E-state index >= 15 is 0 Å². The largest absolute Gasteiger partial charge is 0.433 e. The van der Waals surface area contributed by atoms with Crippen molar-refractivity contribution in [1.29, 1.82) is 0 Å². The van der Waals surface area contributed by atoms with Crippen LogP contribution in [0.5, 0.6) is 0 Å². The first-order chi connectivity index (χ1) is 16.1. The molecule has 7 nitrogen and oxygen atoms in total. The van der Waals surface area contributed by atoms with E-state index < -0.39 is 17.8 Å². The van der Waals surface area contributed by atoms with E-state index in [9.17, 15) is 22.4 Å². The number of rotatable bonds is 5. The maximum atomic E-state index is 13.6. The van der Waals surface area contributed by atoms with Crippen LogP contribution in [0, 0.1) is 19.7 Å². The van der Waals surface area contributed by atoms with Crippen molar-refractivity contribution in [3.8, 4) is 0 Å². The van der Waals surface area contributed by atoms with Gasteiger partial charge in [0.15, 0.2) is 11.3 Å². The van der Waals surface area contributed by atoms with Crippen LogP contribution in [0.2, 0.25) is 0 Å². The average molecular weight is 472 g/mol. The molecule has 1 aliphatic carbocycles. The zero-order chi connectivity index (χ0) is 24.2. The van der Waals surface area contributed by atoms with Crippen LogP contribution in [0.1, 0.15) is 57.6 Å². The van der Waals surface area contributed by atoms with E-state index in [1.807, 2.05) is 0 Å². The number of carbonyl (C=O) groups is 1. The highest BCUT2D eigenvalue weighted by Crippen LogP contribution is 2.41. The van der Waals surface area contributed by atoms with Crippen molar-refractivity contribution in [3.63, 3.8) is 0 Å². The van der Waals surface area contributed by atoms with Crippen LogP contribution in [0.15, 0.2) is 36.4 Å². The molecule has 11 heteroatoms. The van der Waals surface area contributed by atoms with Crippen LogP contribution in [0.25, 0.3) is 5.65 Å². The molecule has 1 aromatic carbocycles. The molecule has 0 spiro atoms. The molecule has 1 amide bonds. The lowest BCUT2D eigenvalue weighted by Gasteiger charge is -2.10. The Labute approximate surface area is 191 Å². The van der Waals surface area contributed by atoms with Gasteiger partial charge in [0.25, 0.3) is 5.91 Å². The standard InChI is InChI=1S/C23H20F4N6O/c1-12-21(13(2)32(30-12)11-14-3-7-16(24)8-4-14)29-22(34)18-10-20-28-17(15-5-6-15)9-19(23(25,26)27)33(20)31-18/h3-4,7-10,15H,5-6,11H2,1-2H3,(H,29,34). The second kappa shape index (κ2) is 7.93. The lowest BCUT2D eigenvalue weighted by molar-refractivity contribution is -0.142. The predicted molar refractivity (Wildman–Crippen MR) is 115 cm³/mol. The van der Waals surface area contributed by atoms with E-state index in [4.69, 9.17) is 0 Å². The first-order valence-electron chi connectivity index (χ1n) is 10.7. The van der Waals surface area contributed by atoms with Crippen LogP contribution >= 0.6 is 0 Å². The molecule has 3 heterocycles. The fraction of sp³-hybridized carbons (Fsp3) is 0.304. The van der Waals surface area contributed by atoms with Gasteiger partial charge in [-0.1, -0.05) is 12.1 Å². The molecule has 3 aromatic heterocycles. The van der Waals surface area contributed by atoms with Gasteiger partial charge in [-0.25, -0.2) is 13.9 Å². The van der Waals surface area contributed by atoms with E-state index in [1.54, 1.807) is 30.7 Å². The molecule has 4 aromatic rings. The number of alkyl halides is 3. The normalized spacial score (nSPS) is 14.1. The van der Waals surface area contributed by atoms with Gasteiger partial charge in [0.1, 0.15) is 11.5 Å². The molecule has 0 bridgehead atoms. The molecule has 34 heavy (non-hydrogen) atoms. The Morgan fingerprint density at radius 1 is 1.12 bits per heavy atom. The number of hydrogen-bond donors (Lipinski definition) is 1. The molecule has 5 rings (SSSR count). The van der Waals surface area contributed by atoms with Gasteiger partial charge in [0.2, 0.25) is 0 Å². The van der Waals surface area contributed by atoms with Crippen molar-refractivity contribution in [2.24, 2.45) is 0 Å². The number of carbonyl (C=O) groups excluding carboxylic acids is 1. The number of benzene rings is 1. The molecule has 0 unspecified atom stereocenters. The highest BCUT2D eigenvalue weighted by Gasteiger charge is 2.37. The number of aryl methyl sites for hydroxylation is 1. The van der Waals surface area contributed by atoms with Crippen LogP contribution in [-0.2, 0) is 12.7 Å². The van der Waals surface area contributed by atoms with Gasteiger partial charge in [0, 0.05) is 17.7 Å². The summed E-state index contributed by atoms with van der Waals surface area (Å²) in [4.78, 5) is 17.2. The van der Waals surface area contributed by atoms with E-state index in [1.165, 1.54) is 18.2 Å². The monoisotopic (exact) mass is 472 g/mol. The van der Waals surface area contributed by atoms with Crippen LogP contribution in [0.4, 0.5) is 23.2 Å². The lowest BCUT2D eigenvalue weighted by Crippen LogP contribution is -2.16. The molecule has 0 atom stereocenters. The second-order valence-electron chi connectivity index (χ2n) is 8.42. The number of nitrogens with zero attached hydrogens (tertiary/aromatic N) is 5. The molecule has 1 saturated carbocycles. The first kappa shape index (κ1) is 22.1. The second-order valence-corrected chi connectivity index (χ2v) is 8.42. The summed E-state index contributed by atoms with van der Waals surface area (Å²) < 4.78 is 56.4. The molecule has 0 aliphatic heterocycles. The minimum atomic E-state index is -4.64. The quantitative estimate of drug-likeness (QED) is 0.420. The highest BCUT2D eigenvalue weighted by molar-refractivity contribution is 6.04. The Morgan fingerprint density at radius 3 is 2.47 bits per heavy atom. The molecule has 0 saturated heterocycles. The molecule has 1 aliphatic rings. The van der Waals surface area contributed by atoms with Gasteiger partial charge in [0.05, 0.1) is 23.6 Å².